The molecule has 3 aromatic carbocycles. The van der Waals surface area contributed by atoms with Gasteiger partial charge in [-0.05, 0) is 66.7 Å². The standard InChI is InChI=1S/C23H21N5O2/c1-28(2)19-10-5-16(6-11-19)22(29)26-17-7-3-15(4-8-17)23(30)27-18-9-12-20-21(13-18)25-14-24-20/h3-14H,1-2H3,(H,24,25)(H,26,29)(H,27,30). The number of benzene rings is 3. The first-order valence-corrected chi connectivity index (χ1v) is 9.43. The Hall–Kier alpha value is -4.13. The van der Waals surface area contributed by atoms with Crippen molar-refractivity contribution in [2.75, 3.05) is 29.6 Å². The molecule has 2 amide bonds. The lowest BCUT2D eigenvalue weighted by Crippen LogP contribution is -2.14. The molecule has 0 fully saturated rings. The number of rotatable bonds is 5. The molecule has 0 bridgehead atoms. The van der Waals surface area contributed by atoms with Gasteiger partial charge < -0.3 is 20.5 Å². The van der Waals surface area contributed by atoms with Crippen molar-refractivity contribution in [1.82, 2.24) is 9.97 Å². The summed E-state index contributed by atoms with van der Waals surface area (Å²) in [7, 11) is 3.89. The van der Waals surface area contributed by atoms with Crippen molar-refractivity contribution in [3.8, 4) is 0 Å². The fraction of sp³-hybridized carbons (Fsp3) is 0.0870. The normalized spacial score (nSPS) is 10.6. The second-order valence-electron chi connectivity index (χ2n) is 7.06. The molecule has 4 rings (SSSR count). The van der Waals surface area contributed by atoms with Crippen molar-refractivity contribution >= 4 is 39.9 Å². The van der Waals surface area contributed by atoms with Crippen molar-refractivity contribution in [2.45, 2.75) is 0 Å². The first-order chi connectivity index (χ1) is 14.5. The van der Waals surface area contributed by atoms with Crippen LogP contribution in [-0.4, -0.2) is 35.9 Å². The summed E-state index contributed by atoms with van der Waals surface area (Å²) < 4.78 is 0. The van der Waals surface area contributed by atoms with Crippen LogP contribution in [-0.2, 0) is 0 Å². The highest BCUT2D eigenvalue weighted by atomic mass is 16.2. The van der Waals surface area contributed by atoms with E-state index in [-0.39, 0.29) is 11.8 Å². The number of nitrogens with zero attached hydrogens (tertiary/aromatic N) is 2. The Morgan fingerprint density at radius 3 is 2.00 bits per heavy atom. The number of H-pyrrole nitrogens is 1. The van der Waals surface area contributed by atoms with Crippen molar-refractivity contribution in [1.29, 1.82) is 0 Å². The molecular weight excluding hydrogens is 378 g/mol. The zero-order valence-corrected chi connectivity index (χ0v) is 16.6. The molecule has 0 aliphatic rings. The minimum absolute atomic E-state index is 0.203. The number of aromatic nitrogens is 2. The van der Waals surface area contributed by atoms with Crippen LogP contribution in [0.2, 0.25) is 0 Å². The summed E-state index contributed by atoms with van der Waals surface area (Å²) in [4.78, 5) is 34.1. The third kappa shape index (κ3) is 4.15. The van der Waals surface area contributed by atoms with Gasteiger partial charge in [0, 0.05) is 42.3 Å². The molecular formula is C23H21N5O2. The van der Waals surface area contributed by atoms with Gasteiger partial charge in [0.25, 0.3) is 11.8 Å². The fourth-order valence-electron chi connectivity index (χ4n) is 3.04. The Labute approximate surface area is 173 Å². The van der Waals surface area contributed by atoms with Crippen LogP contribution in [0.25, 0.3) is 11.0 Å². The number of imidazole rings is 1. The first-order valence-electron chi connectivity index (χ1n) is 9.43. The van der Waals surface area contributed by atoms with Gasteiger partial charge >= 0.3 is 0 Å². The van der Waals surface area contributed by atoms with Crippen molar-refractivity contribution in [2.24, 2.45) is 0 Å². The molecule has 3 N–H and O–H groups in total. The van der Waals surface area contributed by atoms with Crippen LogP contribution in [0, 0.1) is 0 Å². The van der Waals surface area contributed by atoms with Gasteiger partial charge in [-0.25, -0.2) is 4.98 Å². The predicted octanol–water partition coefficient (Wildman–Crippen LogP) is 4.13. The monoisotopic (exact) mass is 399 g/mol. The summed E-state index contributed by atoms with van der Waals surface area (Å²) in [5.41, 5.74) is 5.06. The van der Waals surface area contributed by atoms with E-state index in [0.717, 1.165) is 16.7 Å². The number of carbonyl (C=O) groups is 2. The highest BCUT2D eigenvalue weighted by Crippen LogP contribution is 2.18. The SMILES string of the molecule is CN(C)c1ccc(C(=O)Nc2ccc(C(=O)Nc3ccc4nc[nH]c4c3)cc2)cc1. The second-order valence-corrected chi connectivity index (χ2v) is 7.06. The van der Waals surface area contributed by atoms with Gasteiger partial charge in [-0.3, -0.25) is 9.59 Å². The Balaban J connectivity index is 1.40. The highest BCUT2D eigenvalue weighted by molar-refractivity contribution is 6.06. The molecule has 4 aromatic rings. The van der Waals surface area contributed by atoms with Crippen LogP contribution in [0.1, 0.15) is 20.7 Å². The van der Waals surface area contributed by atoms with Gasteiger partial charge in [0.1, 0.15) is 0 Å². The van der Waals surface area contributed by atoms with Crippen molar-refractivity contribution in [3.63, 3.8) is 0 Å². The summed E-state index contributed by atoms with van der Waals surface area (Å²) in [6.07, 6.45) is 1.61. The van der Waals surface area contributed by atoms with Gasteiger partial charge in [0.2, 0.25) is 0 Å². The van der Waals surface area contributed by atoms with Gasteiger partial charge in [0.15, 0.2) is 0 Å². The molecule has 30 heavy (non-hydrogen) atoms. The molecule has 0 aliphatic carbocycles. The number of amides is 2. The lowest BCUT2D eigenvalue weighted by molar-refractivity contribution is 0.102. The van der Waals surface area contributed by atoms with Crippen LogP contribution in [0.5, 0.6) is 0 Å². The molecule has 0 radical (unpaired) electrons. The zero-order valence-electron chi connectivity index (χ0n) is 16.6. The zero-order chi connectivity index (χ0) is 21.1. The maximum absolute atomic E-state index is 12.5. The van der Waals surface area contributed by atoms with Crippen molar-refractivity contribution in [3.05, 3.63) is 84.2 Å². The number of hydrogen-bond acceptors (Lipinski definition) is 4. The Morgan fingerprint density at radius 1 is 0.800 bits per heavy atom. The molecule has 0 atom stereocenters. The Kier molecular flexibility index (Phi) is 5.17. The van der Waals surface area contributed by atoms with E-state index in [2.05, 4.69) is 20.6 Å². The van der Waals surface area contributed by atoms with Crippen LogP contribution < -0.4 is 15.5 Å². The smallest absolute Gasteiger partial charge is 0.255 e. The number of hydrogen-bond donors (Lipinski definition) is 3. The summed E-state index contributed by atoms with van der Waals surface area (Å²) in [6, 6.07) is 19.6. The van der Waals surface area contributed by atoms with E-state index >= 15 is 0 Å². The second kappa shape index (κ2) is 8.08. The van der Waals surface area contributed by atoms with Gasteiger partial charge in [-0.2, -0.15) is 0 Å². The van der Waals surface area contributed by atoms with Crippen LogP contribution >= 0.6 is 0 Å². The summed E-state index contributed by atoms with van der Waals surface area (Å²) in [5.74, 6) is -0.434. The molecule has 1 heterocycles. The number of aromatic amines is 1. The highest BCUT2D eigenvalue weighted by Gasteiger charge is 2.10. The molecule has 1 aromatic heterocycles. The quantitative estimate of drug-likeness (QED) is 0.471. The third-order valence-corrected chi connectivity index (χ3v) is 4.73. The van der Waals surface area contributed by atoms with E-state index in [4.69, 9.17) is 0 Å². The summed E-state index contributed by atoms with van der Waals surface area (Å²) >= 11 is 0. The average Bonchev–Trinajstić information content (AvgIpc) is 3.22. The molecule has 150 valence electrons. The van der Waals surface area contributed by atoms with Gasteiger partial charge in [-0.15, -0.1) is 0 Å². The lowest BCUT2D eigenvalue weighted by atomic mass is 10.1. The molecule has 0 saturated heterocycles. The van der Waals surface area contributed by atoms with Crippen molar-refractivity contribution < 1.29 is 9.59 Å². The number of anilines is 3. The molecule has 0 aliphatic heterocycles. The minimum Gasteiger partial charge on any atom is -0.378 e. The third-order valence-electron chi connectivity index (χ3n) is 4.73. The number of nitrogens with one attached hydrogen (secondary N) is 3. The predicted molar refractivity (Wildman–Crippen MR) is 119 cm³/mol. The molecule has 7 heteroatoms. The summed E-state index contributed by atoms with van der Waals surface area (Å²) in [5, 5.41) is 5.71. The average molecular weight is 399 g/mol. The largest absolute Gasteiger partial charge is 0.378 e. The first kappa shape index (κ1) is 19.2. The van der Waals surface area contributed by atoms with Gasteiger partial charge in [0.05, 0.1) is 17.4 Å². The molecule has 0 spiro atoms. The number of fused-ring (bicyclic) bond motifs is 1. The maximum Gasteiger partial charge on any atom is 0.255 e. The molecule has 7 nitrogen and oxygen atoms in total. The molecule has 0 unspecified atom stereocenters. The Morgan fingerprint density at radius 2 is 1.37 bits per heavy atom. The Bertz CT molecular complexity index is 1190. The fourth-order valence-corrected chi connectivity index (χ4v) is 3.04. The van der Waals surface area contributed by atoms with Gasteiger partial charge in [-0.1, -0.05) is 0 Å². The van der Waals surface area contributed by atoms with E-state index < -0.39 is 0 Å². The number of carbonyl (C=O) groups excluding carboxylic acids is 2. The van der Waals surface area contributed by atoms with E-state index in [9.17, 15) is 9.59 Å². The van der Waals surface area contributed by atoms with E-state index in [1.165, 1.54) is 0 Å². The molecule has 0 saturated carbocycles. The lowest BCUT2D eigenvalue weighted by Gasteiger charge is -2.12. The van der Waals surface area contributed by atoms with Crippen LogP contribution in [0.4, 0.5) is 17.1 Å². The topological polar surface area (TPSA) is 90.1 Å². The van der Waals surface area contributed by atoms with Crippen LogP contribution in [0.15, 0.2) is 73.1 Å². The van der Waals surface area contributed by atoms with E-state index in [1.54, 1.807) is 48.8 Å². The minimum atomic E-state index is -0.231. The van der Waals surface area contributed by atoms with Crippen LogP contribution in [0.3, 0.4) is 0 Å². The summed E-state index contributed by atoms with van der Waals surface area (Å²) in [6.45, 7) is 0. The van der Waals surface area contributed by atoms with E-state index in [1.807, 2.05) is 43.3 Å². The van der Waals surface area contributed by atoms with E-state index in [0.29, 0.717) is 22.5 Å². The maximum atomic E-state index is 12.5.